The van der Waals surface area contributed by atoms with Gasteiger partial charge in [0.15, 0.2) is 0 Å². The van der Waals surface area contributed by atoms with E-state index in [0.29, 0.717) is 41.8 Å². The Kier molecular flexibility index (Phi) is 7.81. The summed E-state index contributed by atoms with van der Waals surface area (Å²) in [5, 5.41) is 7.31. The molecule has 0 radical (unpaired) electrons. The number of nitrogens with one attached hydrogen (secondary N) is 2. The number of benzene rings is 1. The molecule has 1 saturated heterocycles. The Morgan fingerprint density at radius 2 is 1.89 bits per heavy atom. The summed E-state index contributed by atoms with van der Waals surface area (Å²) in [5.74, 6) is 0.596. The molecule has 1 aliphatic rings. The molecule has 2 aromatic heterocycles. The lowest BCUT2D eigenvalue weighted by atomic mass is 10.0. The van der Waals surface area contributed by atoms with E-state index in [9.17, 15) is 9.59 Å². The lowest BCUT2D eigenvalue weighted by Gasteiger charge is -2.32. The molecular weight excluding hydrogens is 513 g/mol. The maximum absolute atomic E-state index is 13.4. The lowest BCUT2D eigenvalue weighted by Crippen LogP contribution is -2.52. The molecule has 0 aliphatic carbocycles. The van der Waals surface area contributed by atoms with Crippen molar-refractivity contribution in [3.05, 3.63) is 57.5 Å². The highest BCUT2D eigenvalue weighted by atomic mass is 35.5. The van der Waals surface area contributed by atoms with Crippen LogP contribution in [0, 0.1) is 0 Å². The standard InChI is InChI=1S/C24H23Cl2N3O5S/c1-4-20(30)29-13-5-6-34-11-14(13)28-19-8-12-7-17(35-18(12)10-27-19)24(31)21-22(25)15(32-2)9-16(33-3)23(21)26/h4,7-10,13-14H,1,5-6,11H2,2-3H3,(H,27,28)(H,29,30). The van der Waals surface area contributed by atoms with E-state index in [1.54, 1.807) is 12.3 Å². The molecule has 1 aromatic carbocycles. The van der Waals surface area contributed by atoms with Crippen LogP contribution in [0.1, 0.15) is 21.7 Å². The topological polar surface area (TPSA) is 98.8 Å². The SMILES string of the molecule is C=CC(=O)NC1CCOCC1Nc1cc2cc(C(=O)c3c(Cl)c(OC)cc(OC)c3Cl)sc2cn1. The van der Waals surface area contributed by atoms with E-state index in [2.05, 4.69) is 22.2 Å². The molecule has 8 nitrogen and oxygen atoms in total. The van der Waals surface area contributed by atoms with E-state index in [0.717, 1.165) is 10.1 Å². The van der Waals surface area contributed by atoms with E-state index in [1.165, 1.54) is 37.7 Å². The Hall–Kier alpha value is -2.85. The van der Waals surface area contributed by atoms with E-state index in [-0.39, 0.29) is 39.4 Å². The van der Waals surface area contributed by atoms with Gasteiger partial charge in [-0.05, 0) is 30.0 Å². The minimum atomic E-state index is -0.346. The van der Waals surface area contributed by atoms with Crippen LogP contribution in [-0.2, 0) is 9.53 Å². The van der Waals surface area contributed by atoms with Crippen molar-refractivity contribution in [3.63, 3.8) is 0 Å². The molecule has 2 unspecified atom stereocenters. The molecule has 2 atom stereocenters. The fourth-order valence-electron chi connectivity index (χ4n) is 3.83. The largest absolute Gasteiger partial charge is 0.495 e. The Balaban J connectivity index is 1.62. The summed E-state index contributed by atoms with van der Waals surface area (Å²) in [6.07, 6.45) is 3.61. The average molecular weight is 536 g/mol. The fraction of sp³-hybridized carbons (Fsp3) is 0.292. The molecule has 3 heterocycles. The number of hydrogen-bond acceptors (Lipinski definition) is 8. The van der Waals surface area contributed by atoms with E-state index >= 15 is 0 Å². The maximum Gasteiger partial charge on any atom is 0.243 e. The van der Waals surface area contributed by atoms with Crippen LogP contribution in [0.15, 0.2) is 37.1 Å². The van der Waals surface area contributed by atoms with Gasteiger partial charge in [-0.25, -0.2) is 4.98 Å². The van der Waals surface area contributed by atoms with Crippen molar-refractivity contribution in [3.8, 4) is 11.5 Å². The van der Waals surface area contributed by atoms with Gasteiger partial charge in [0.1, 0.15) is 17.3 Å². The number of carbonyl (C=O) groups is 2. The van der Waals surface area contributed by atoms with E-state index in [1.807, 2.05) is 6.07 Å². The number of methoxy groups -OCH3 is 2. The molecule has 11 heteroatoms. The van der Waals surface area contributed by atoms with Crippen LogP contribution in [0.3, 0.4) is 0 Å². The molecule has 1 fully saturated rings. The molecule has 0 spiro atoms. The van der Waals surface area contributed by atoms with Gasteiger partial charge in [-0.15, -0.1) is 11.3 Å². The van der Waals surface area contributed by atoms with Gasteiger partial charge in [0, 0.05) is 18.9 Å². The number of hydrogen-bond donors (Lipinski definition) is 2. The number of ketones is 1. The van der Waals surface area contributed by atoms with E-state index < -0.39 is 0 Å². The summed E-state index contributed by atoms with van der Waals surface area (Å²) in [6.45, 7) is 4.48. The van der Waals surface area contributed by atoms with Gasteiger partial charge >= 0.3 is 0 Å². The number of thiophene rings is 1. The zero-order chi connectivity index (χ0) is 25.1. The second-order valence-electron chi connectivity index (χ2n) is 7.76. The summed E-state index contributed by atoms with van der Waals surface area (Å²) in [6, 6.07) is 4.85. The Morgan fingerprint density at radius 3 is 2.54 bits per heavy atom. The molecule has 35 heavy (non-hydrogen) atoms. The molecule has 184 valence electrons. The first-order valence-electron chi connectivity index (χ1n) is 10.7. The van der Waals surface area contributed by atoms with Gasteiger partial charge in [-0.1, -0.05) is 29.8 Å². The van der Waals surface area contributed by atoms with Crippen molar-refractivity contribution in [2.75, 3.05) is 32.8 Å². The smallest absolute Gasteiger partial charge is 0.243 e. The number of rotatable bonds is 8. The zero-order valence-electron chi connectivity index (χ0n) is 19.0. The van der Waals surface area contributed by atoms with Gasteiger partial charge in [-0.3, -0.25) is 9.59 Å². The number of pyridine rings is 1. The minimum absolute atomic E-state index is 0.113. The summed E-state index contributed by atoms with van der Waals surface area (Å²) >= 11 is 14.1. The molecule has 1 amide bonds. The maximum atomic E-state index is 13.4. The predicted octanol–water partition coefficient (Wildman–Crippen LogP) is 4.72. The number of ether oxygens (including phenoxy) is 3. The average Bonchev–Trinajstić information content (AvgIpc) is 3.29. The number of nitrogens with zero attached hydrogens (tertiary/aromatic N) is 1. The van der Waals surface area contributed by atoms with Crippen molar-refractivity contribution in [2.24, 2.45) is 0 Å². The van der Waals surface area contributed by atoms with Crippen LogP contribution in [0.2, 0.25) is 10.0 Å². The first-order chi connectivity index (χ1) is 16.9. The lowest BCUT2D eigenvalue weighted by molar-refractivity contribution is -0.117. The quantitative estimate of drug-likeness (QED) is 0.318. The zero-order valence-corrected chi connectivity index (χ0v) is 21.4. The Morgan fingerprint density at radius 1 is 1.17 bits per heavy atom. The van der Waals surface area contributed by atoms with Crippen LogP contribution in [0.25, 0.3) is 10.1 Å². The van der Waals surface area contributed by atoms with Crippen molar-refractivity contribution in [2.45, 2.75) is 18.5 Å². The molecule has 1 aliphatic heterocycles. The number of amides is 1. The number of anilines is 1. The normalized spacial score (nSPS) is 17.6. The molecular formula is C24H23Cl2N3O5S. The second-order valence-corrected chi connectivity index (χ2v) is 9.60. The summed E-state index contributed by atoms with van der Waals surface area (Å²) in [4.78, 5) is 30.1. The second kappa shape index (κ2) is 10.8. The summed E-state index contributed by atoms with van der Waals surface area (Å²) in [5.41, 5.74) is 0.113. The first kappa shape index (κ1) is 25.2. The third-order valence-electron chi connectivity index (χ3n) is 5.63. The molecule has 2 N–H and O–H groups in total. The minimum Gasteiger partial charge on any atom is -0.495 e. The van der Waals surface area contributed by atoms with Crippen LogP contribution in [0.5, 0.6) is 11.5 Å². The molecule has 0 saturated carbocycles. The predicted molar refractivity (Wildman–Crippen MR) is 138 cm³/mol. The number of fused-ring (bicyclic) bond motifs is 1. The third-order valence-corrected chi connectivity index (χ3v) is 7.47. The van der Waals surface area contributed by atoms with Gasteiger partial charge in [0.2, 0.25) is 11.7 Å². The van der Waals surface area contributed by atoms with Gasteiger partial charge in [-0.2, -0.15) is 0 Å². The van der Waals surface area contributed by atoms with Crippen molar-refractivity contribution in [1.29, 1.82) is 0 Å². The van der Waals surface area contributed by atoms with Crippen molar-refractivity contribution in [1.82, 2.24) is 10.3 Å². The van der Waals surface area contributed by atoms with E-state index in [4.69, 9.17) is 37.4 Å². The van der Waals surface area contributed by atoms with Gasteiger partial charge in [0.25, 0.3) is 0 Å². The number of halogens is 2. The summed E-state index contributed by atoms with van der Waals surface area (Å²) in [7, 11) is 2.90. The third kappa shape index (κ3) is 5.23. The Bertz CT molecular complexity index is 1270. The highest BCUT2D eigenvalue weighted by Crippen LogP contribution is 2.42. The Labute approximate surface area is 216 Å². The van der Waals surface area contributed by atoms with Gasteiger partial charge in [0.05, 0.1) is 58.1 Å². The van der Waals surface area contributed by atoms with Gasteiger partial charge < -0.3 is 24.8 Å². The highest BCUT2D eigenvalue weighted by molar-refractivity contribution is 7.21. The fourth-order valence-corrected chi connectivity index (χ4v) is 5.46. The van der Waals surface area contributed by atoms with Crippen LogP contribution in [-0.4, -0.2) is 56.2 Å². The number of carbonyl (C=O) groups excluding carboxylic acids is 2. The summed E-state index contributed by atoms with van der Waals surface area (Å²) < 4.78 is 16.9. The number of aromatic nitrogens is 1. The van der Waals surface area contributed by atoms with Crippen molar-refractivity contribution < 1.29 is 23.8 Å². The molecule has 0 bridgehead atoms. The van der Waals surface area contributed by atoms with Crippen molar-refractivity contribution >= 4 is 62.1 Å². The molecule has 4 rings (SSSR count). The first-order valence-corrected chi connectivity index (χ1v) is 12.2. The van der Waals surface area contributed by atoms with Crippen LogP contribution < -0.4 is 20.1 Å². The van der Waals surface area contributed by atoms with Crippen LogP contribution in [0.4, 0.5) is 5.82 Å². The highest BCUT2D eigenvalue weighted by Gasteiger charge is 2.28. The van der Waals surface area contributed by atoms with Crippen LogP contribution >= 0.6 is 34.5 Å². The monoisotopic (exact) mass is 535 g/mol. The molecule has 3 aromatic rings.